The van der Waals surface area contributed by atoms with E-state index in [2.05, 4.69) is 16.8 Å². The lowest BCUT2D eigenvalue weighted by Crippen LogP contribution is -2.32. The van der Waals surface area contributed by atoms with E-state index in [4.69, 9.17) is 9.15 Å². The number of hydrogen-bond acceptors (Lipinski definition) is 8. The fourth-order valence-electron chi connectivity index (χ4n) is 5.34. The molecule has 0 radical (unpaired) electrons. The highest BCUT2D eigenvalue weighted by Crippen LogP contribution is 2.34. The molecule has 9 nitrogen and oxygen atoms in total. The Bertz CT molecular complexity index is 1250. The third-order valence-corrected chi connectivity index (χ3v) is 9.05. The molecule has 1 atom stereocenters. The number of unbranched alkanes of at least 4 members (excludes halogenated alkanes) is 6. The Morgan fingerprint density at radius 1 is 1.10 bits per heavy atom. The first-order chi connectivity index (χ1) is 20.3. The SMILES string of the molecule is CCCCCCCCCC(=O)c1coc([C@@H]2CCCN2Cc2cc(OC)ccc2CCC(=O)NS(=O)(=O)CCCF)n1. The number of amides is 1. The van der Waals surface area contributed by atoms with Gasteiger partial charge in [-0.25, -0.2) is 13.4 Å². The standard InChI is InChI=1S/C31H46FN3O6S/c1-3-4-5-6-7-8-9-13-29(36)27-23-41-31(33-27)28-12-10-19-35(28)22-25-21-26(40-2)16-14-24(25)15-17-30(37)34-42(38,39)20-11-18-32/h14,16,21,23,28H,3-13,15,17-20,22H2,1-2H3,(H,34,37)/t28-/m0/s1. The number of aryl methyl sites for hydroxylation is 1. The van der Waals surface area contributed by atoms with Crippen LogP contribution in [0.2, 0.25) is 0 Å². The third-order valence-electron chi connectivity index (χ3n) is 7.69. The summed E-state index contributed by atoms with van der Waals surface area (Å²) in [6.07, 6.45) is 12.0. The lowest BCUT2D eigenvalue weighted by Gasteiger charge is -2.23. The molecule has 2 aromatic rings. The van der Waals surface area contributed by atoms with Gasteiger partial charge in [0.25, 0.3) is 0 Å². The Hall–Kier alpha value is -2.79. The molecule has 1 aromatic carbocycles. The number of sulfonamides is 1. The molecule has 1 fully saturated rings. The molecule has 1 aliphatic heterocycles. The summed E-state index contributed by atoms with van der Waals surface area (Å²) in [4.78, 5) is 31.9. The second-order valence-corrected chi connectivity index (χ2v) is 12.9. The number of aromatic nitrogens is 1. The molecule has 3 rings (SSSR count). The molecule has 0 aliphatic carbocycles. The lowest BCUT2D eigenvalue weighted by atomic mass is 10.0. The first-order valence-electron chi connectivity index (χ1n) is 15.2. The van der Waals surface area contributed by atoms with Crippen LogP contribution in [0, 0.1) is 0 Å². The van der Waals surface area contributed by atoms with Gasteiger partial charge in [-0.3, -0.25) is 23.6 Å². The van der Waals surface area contributed by atoms with Crippen molar-refractivity contribution < 1.29 is 31.6 Å². The van der Waals surface area contributed by atoms with Crippen molar-refractivity contribution in [1.82, 2.24) is 14.6 Å². The van der Waals surface area contributed by atoms with E-state index in [1.165, 1.54) is 31.9 Å². The molecule has 1 aliphatic rings. The predicted molar refractivity (Wildman–Crippen MR) is 160 cm³/mol. The predicted octanol–water partition coefficient (Wildman–Crippen LogP) is 6.08. The van der Waals surface area contributed by atoms with E-state index < -0.39 is 28.4 Å². The number of halogens is 1. The van der Waals surface area contributed by atoms with Gasteiger partial charge in [-0.1, -0.05) is 51.5 Å². The normalized spacial score (nSPS) is 15.6. The lowest BCUT2D eigenvalue weighted by molar-refractivity contribution is -0.119. The fourth-order valence-corrected chi connectivity index (χ4v) is 6.38. The largest absolute Gasteiger partial charge is 0.497 e. The quantitative estimate of drug-likeness (QED) is 0.142. The van der Waals surface area contributed by atoms with Gasteiger partial charge in [-0.15, -0.1) is 0 Å². The zero-order valence-electron chi connectivity index (χ0n) is 25.0. The molecule has 11 heteroatoms. The van der Waals surface area contributed by atoms with E-state index in [9.17, 15) is 22.4 Å². The maximum Gasteiger partial charge on any atom is 0.234 e. The van der Waals surface area contributed by atoms with Gasteiger partial charge < -0.3 is 9.15 Å². The first-order valence-corrected chi connectivity index (χ1v) is 16.9. The number of carbonyl (C=O) groups excluding carboxylic acids is 2. The van der Waals surface area contributed by atoms with Gasteiger partial charge in [0, 0.05) is 19.4 Å². The number of carbonyl (C=O) groups is 2. The maximum atomic E-state index is 12.7. The van der Waals surface area contributed by atoms with E-state index in [0.29, 0.717) is 36.7 Å². The van der Waals surface area contributed by atoms with Crippen LogP contribution < -0.4 is 9.46 Å². The number of hydrogen-bond donors (Lipinski definition) is 1. The monoisotopic (exact) mass is 607 g/mol. The number of ether oxygens (including phenoxy) is 1. The molecule has 0 spiro atoms. The van der Waals surface area contributed by atoms with Crippen molar-refractivity contribution in [2.24, 2.45) is 0 Å². The number of nitrogens with one attached hydrogen (secondary N) is 1. The number of benzene rings is 1. The molecular weight excluding hydrogens is 561 g/mol. The summed E-state index contributed by atoms with van der Waals surface area (Å²) in [5.74, 6) is 0.188. The number of methoxy groups -OCH3 is 1. The number of ketones is 1. The summed E-state index contributed by atoms with van der Waals surface area (Å²) in [6.45, 7) is 2.82. The number of alkyl halides is 1. The molecule has 234 valence electrons. The van der Waals surface area contributed by atoms with Gasteiger partial charge >= 0.3 is 0 Å². The van der Waals surface area contributed by atoms with Crippen LogP contribution in [0.5, 0.6) is 5.75 Å². The summed E-state index contributed by atoms with van der Waals surface area (Å²) in [5.41, 5.74) is 2.24. The molecule has 0 bridgehead atoms. The van der Waals surface area contributed by atoms with Gasteiger partial charge in [0.2, 0.25) is 21.8 Å². The highest BCUT2D eigenvalue weighted by molar-refractivity contribution is 7.90. The molecule has 0 unspecified atom stereocenters. The topological polar surface area (TPSA) is 119 Å². The molecular formula is C31H46FN3O6S. The van der Waals surface area contributed by atoms with E-state index in [0.717, 1.165) is 49.8 Å². The smallest absolute Gasteiger partial charge is 0.234 e. The van der Waals surface area contributed by atoms with Gasteiger partial charge in [0.05, 0.1) is 25.6 Å². The number of oxazole rings is 1. The fraction of sp³-hybridized carbons (Fsp3) is 0.645. The summed E-state index contributed by atoms with van der Waals surface area (Å²) in [7, 11) is -2.26. The summed E-state index contributed by atoms with van der Waals surface area (Å²) in [5, 5.41) is 0. The van der Waals surface area contributed by atoms with Crippen LogP contribution in [0.3, 0.4) is 0 Å². The van der Waals surface area contributed by atoms with Crippen molar-refractivity contribution in [3.8, 4) is 5.75 Å². The molecule has 1 amide bonds. The second kappa shape index (κ2) is 17.4. The second-order valence-electron chi connectivity index (χ2n) is 11.0. The number of nitrogens with zero attached hydrogens (tertiary/aromatic N) is 2. The molecule has 2 heterocycles. The van der Waals surface area contributed by atoms with Gasteiger partial charge in [-0.05, 0) is 61.9 Å². The van der Waals surface area contributed by atoms with Crippen LogP contribution in [0.4, 0.5) is 4.39 Å². The van der Waals surface area contributed by atoms with Crippen molar-refractivity contribution >= 4 is 21.7 Å². The molecule has 1 saturated heterocycles. The van der Waals surface area contributed by atoms with Crippen LogP contribution in [-0.2, 0) is 27.8 Å². The van der Waals surface area contributed by atoms with Crippen LogP contribution >= 0.6 is 0 Å². The molecule has 0 saturated carbocycles. The summed E-state index contributed by atoms with van der Waals surface area (Å²) in [6, 6.07) is 5.55. The van der Waals surface area contributed by atoms with Crippen molar-refractivity contribution in [2.75, 3.05) is 26.1 Å². The highest BCUT2D eigenvalue weighted by atomic mass is 32.2. The zero-order chi connectivity index (χ0) is 30.4. The van der Waals surface area contributed by atoms with Crippen molar-refractivity contribution in [3.05, 3.63) is 47.2 Å². The van der Waals surface area contributed by atoms with Gasteiger partial charge in [-0.2, -0.15) is 0 Å². The van der Waals surface area contributed by atoms with E-state index >= 15 is 0 Å². The zero-order valence-corrected chi connectivity index (χ0v) is 25.9. The minimum absolute atomic E-state index is 0.0168. The van der Waals surface area contributed by atoms with Crippen LogP contribution in [0.1, 0.15) is 118 Å². The highest BCUT2D eigenvalue weighted by Gasteiger charge is 2.31. The number of Topliss-reactive ketones (excluding diaryl/α,β-unsaturated/α-hetero) is 1. The summed E-state index contributed by atoms with van der Waals surface area (Å²) < 4.78 is 49.5. The number of rotatable bonds is 20. The third kappa shape index (κ3) is 10.8. The van der Waals surface area contributed by atoms with Crippen molar-refractivity contribution in [2.45, 2.75) is 103 Å². The van der Waals surface area contributed by atoms with Crippen LogP contribution in [0.25, 0.3) is 0 Å². The Morgan fingerprint density at radius 3 is 2.60 bits per heavy atom. The average Bonchev–Trinajstić information content (AvgIpc) is 3.64. The molecule has 1 aromatic heterocycles. The molecule has 1 N–H and O–H groups in total. The summed E-state index contributed by atoms with van der Waals surface area (Å²) >= 11 is 0. The average molecular weight is 608 g/mol. The van der Waals surface area contributed by atoms with Crippen molar-refractivity contribution in [3.63, 3.8) is 0 Å². The van der Waals surface area contributed by atoms with Crippen LogP contribution in [-0.4, -0.2) is 56.1 Å². The minimum atomic E-state index is -3.85. The van der Waals surface area contributed by atoms with E-state index in [1.54, 1.807) is 7.11 Å². The Kier molecular flexibility index (Phi) is 13.9. The first kappa shape index (κ1) is 33.7. The molecule has 42 heavy (non-hydrogen) atoms. The Balaban J connectivity index is 1.59. The van der Waals surface area contributed by atoms with Crippen LogP contribution in [0.15, 0.2) is 28.9 Å². The Morgan fingerprint density at radius 2 is 1.86 bits per heavy atom. The van der Waals surface area contributed by atoms with Gasteiger partial charge in [0.15, 0.2) is 5.78 Å². The number of likely N-dealkylation sites (tertiary alicyclic amines) is 1. The Labute approximate surface area is 249 Å². The minimum Gasteiger partial charge on any atom is -0.497 e. The van der Waals surface area contributed by atoms with Crippen molar-refractivity contribution in [1.29, 1.82) is 0 Å². The maximum absolute atomic E-state index is 12.7. The van der Waals surface area contributed by atoms with E-state index in [-0.39, 0.29) is 24.7 Å². The van der Waals surface area contributed by atoms with E-state index in [1.807, 2.05) is 22.9 Å². The van der Waals surface area contributed by atoms with Gasteiger partial charge in [0.1, 0.15) is 17.7 Å².